The van der Waals surface area contributed by atoms with Gasteiger partial charge in [-0.05, 0) is 25.7 Å². The summed E-state index contributed by atoms with van der Waals surface area (Å²) in [5.74, 6) is 0.488. The van der Waals surface area contributed by atoms with Crippen molar-refractivity contribution in [3.63, 3.8) is 0 Å². The van der Waals surface area contributed by atoms with Crippen LogP contribution >= 0.6 is 0 Å². The number of hydrogen-bond donors (Lipinski definition) is 0. The van der Waals surface area contributed by atoms with E-state index in [0.717, 1.165) is 0 Å². The number of allylic oxidation sites excluding steroid dienone is 3. The Hall–Kier alpha value is -1.05. The molecule has 0 aromatic rings. The summed E-state index contributed by atoms with van der Waals surface area (Å²) in [6.07, 6.45) is 3.96. The molecule has 0 radical (unpaired) electrons. The highest BCUT2D eigenvalue weighted by Gasteiger charge is 2.52. The molecule has 13 heavy (non-hydrogen) atoms. The molecule has 0 bridgehead atoms. The minimum atomic E-state index is -0.118. The van der Waals surface area contributed by atoms with Crippen molar-refractivity contribution in [2.24, 2.45) is 17.8 Å². The second-order valence-corrected chi connectivity index (χ2v) is 3.68. The van der Waals surface area contributed by atoms with E-state index < -0.39 is 0 Å². The molecule has 1 fully saturated rings. The smallest absolute Gasteiger partial charge is 0.309 e. The Bertz CT molecular complexity index is 249. The topological polar surface area (TPSA) is 26.3 Å². The molecule has 1 saturated carbocycles. The molecule has 72 valence electrons. The molecule has 0 N–H and O–H groups in total. The lowest BCUT2D eigenvalue weighted by Crippen LogP contribution is -2.04. The fourth-order valence-electron chi connectivity index (χ4n) is 1.71. The first-order valence-electron chi connectivity index (χ1n) is 4.47. The van der Waals surface area contributed by atoms with E-state index in [9.17, 15) is 4.79 Å². The fourth-order valence-corrected chi connectivity index (χ4v) is 1.71. The van der Waals surface area contributed by atoms with Gasteiger partial charge >= 0.3 is 5.97 Å². The van der Waals surface area contributed by atoms with Crippen LogP contribution < -0.4 is 0 Å². The van der Waals surface area contributed by atoms with E-state index in [1.165, 1.54) is 12.7 Å². The molecule has 2 nitrogen and oxygen atoms in total. The number of hydrogen-bond acceptors (Lipinski definition) is 2. The van der Waals surface area contributed by atoms with E-state index >= 15 is 0 Å². The fraction of sp³-hybridized carbons (Fsp3) is 0.545. The molecule has 0 aliphatic heterocycles. The minimum absolute atomic E-state index is 0.0115. The maximum atomic E-state index is 11.2. The third-order valence-corrected chi connectivity index (χ3v) is 2.40. The van der Waals surface area contributed by atoms with Crippen molar-refractivity contribution in [1.82, 2.24) is 0 Å². The van der Waals surface area contributed by atoms with E-state index in [4.69, 9.17) is 4.74 Å². The normalized spacial score (nSPS) is 30.5. The van der Waals surface area contributed by atoms with Crippen molar-refractivity contribution in [2.75, 3.05) is 7.11 Å². The maximum Gasteiger partial charge on any atom is 0.309 e. The van der Waals surface area contributed by atoms with Crippen LogP contribution in [0.5, 0.6) is 0 Å². The van der Waals surface area contributed by atoms with Crippen molar-refractivity contribution in [3.05, 3.63) is 24.3 Å². The molecule has 1 unspecified atom stereocenters. The quantitative estimate of drug-likeness (QED) is 0.491. The average molecular weight is 180 g/mol. The zero-order valence-electron chi connectivity index (χ0n) is 8.41. The molecule has 0 heterocycles. The number of ether oxygens (including phenoxy) is 1. The SMILES string of the molecule is C=CC1[C@H](C=C(C)C)[C@H]1C(=O)OC. The molecule has 2 heteroatoms. The van der Waals surface area contributed by atoms with Crippen molar-refractivity contribution >= 4 is 5.97 Å². The van der Waals surface area contributed by atoms with Crippen molar-refractivity contribution in [2.45, 2.75) is 13.8 Å². The number of esters is 1. The molecular formula is C11H16O2. The molecule has 0 spiro atoms. The third-order valence-electron chi connectivity index (χ3n) is 2.40. The highest BCUT2D eigenvalue weighted by molar-refractivity contribution is 5.77. The number of rotatable bonds is 3. The largest absolute Gasteiger partial charge is 0.469 e. The van der Waals surface area contributed by atoms with Gasteiger partial charge in [-0.1, -0.05) is 17.7 Å². The Morgan fingerprint density at radius 1 is 1.38 bits per heavy atom. The maximum absolute atomic E-state index is 11.2. The van der Waals surface area contributed by atoms with Crippen molar-refractivity contribution in [3.8, 4) is 0 Å². The van der Waals surface area contributed by atoms with Gasteiger partial charge in [0.25, 0.3) is 0 Å². The van der Waals surface area contributed by atoms with Crippen LogP contribution in [-0.2, 0) is 9.53 Å². The molecule has 1 aliphatic carbocycles. The molecule has 0 amide bonds. The van der Waals surface area contributed by atoms with Crippen LogP contribution in [0.3, 0.4) is 0 Å². The first-order valence-corrected chi connectivity index (χ1v) is 4.47. The van der Waals surface area contributed by atoms with E-state index in [0.29, 0.717) is 5.92 Å². The second-order valence-electron chi connectivity index (χ2n) is 3.68. The first-order chi connectivity index (χ1) is 6.11. The average Bonchev–Trinajstić information content (AvgIpc) is 2.75. The molecule has 0 aromatic carbocycles. The van der Waals surface area contributed by atoms with Crippen LogP contribution in [-0.4, -0.2) is 13.1 Å². The minimum Gasteiger partial charge on any atom is -0.469 e. The van der Waals surface area contributed by atoms with Gasteiger partial charge < -0.3 is 4.74 Å². The summed E-state index contributed by atoms with van der Waals surface area (Å²) < 4.78 is 4.70. The van der Waals surface area contributed by atoms with E-state index in [-0.39, 0.29) is 17.8 Å². The van der Waals surface area contributed by atoms with E-state index in [2.05, 4.69) is 12.7 Å². The first kappa shape index (κ1) is 10.0. The number of methoxy groups -OCH3 is 1. The lowest BCUT2D eigenvalue weighted by atomic mass is 10.2. The summed E-state index contributed by atoms with van der Waals surface area (Å²) in [6, 6.07) is 0. The summed E-state index contributed by atoms with van der Waals surface area (Å²) in [5.41, 5.74) is 1.24. The van der Waals surface area contributed by atoms with Crippen LogP contribution in [0.4, 0.5) is 0 Å². The standard InChI is InChI=1S/C11H16O2/c1-5-8-9(6-7(2)3)10(8)11(12)13-4/h5-6,8-10H,1H2,2-4H3/t8?,9-,10-/m0/s1. The summed E-state index contributed by atoms with van der Waals surface area (Å²) in [7, 11) is 1.43. The van der Waals surface area contributed by atoms with Gasteiger partial charge in [-0.25, -0.2) is 0 Å². The van der Waals surface area contributed by atoms with Gasteiger partial charge in [-0.15, -0.1) is 6.58 Å². The molecule has 0 aromatic heterocycles. The summed E-state index contributed by atoms with van der Waals surface area (Å²) in [5, 5.41) is 0. The van der Waals surface area contributed by atoms with Gasteiger partial charge in [0, 0.05) is 0 Å². The van der Waals surface area contributed by atoms with Crippen LogP contribution in [0, 0.1) is 17.8 Å². The monoisotopic (exact) mass is 180 g/mol. The summed E-state index contributed by atoms with van der Waals surface area (Å²) >= 11 is 0. The molecular weight excluding hydrogens is 164 g/mol. The van der Waals surface area contributed by atoms with Crippen LogP contribution in [0.15, 0.2) is 24.3 Å². The highest BCUT2D eigenvalue weighted by Crippen LogP contribution is 2.49. The van der Waals surface area contributed by atoms with Crippen LogP contribution in [0.2, 0.25) is 0 Å². The van der Waals surface area contributed by atoms with Crippen molar-refractivity contribution in [1.29, 1.82) is 0 Å². The Labute approximate surface area is 79.3 Å². The summed E-state index contributed by atoms with van der Waals surface area (Å²) in [6.45, 7) is 7.78. The second kappa shape index (κ2) is 3.77. The zero-order chi connectivity index (χ0) is 10.0. The Morgan fingerprint density at radius 2 is 2.00 bits per heavy atom. The lowest BCUT2D eigenvalue weighted by molar-refractivity contribution is -0.142. The predicted octanol–water partition coefficient (Wildman–Crippen LogP) is 2.17. The third kappa shape index (κ3) is 2.00. The Morgan fingerprint density at radius 3 is 2.38 bits per heavy atom. The molecule has 3 atom stereocenters. The van der Waals surface area contributed by atoms with Crippen LogP contribution in [0.25, 0.3) is 0 Å². The van der Waals surface area contributed by atoms with Gasteiger partial charge in [0.2, 0.25) is 0 Å². The van der Waals surface area contributed by atoms with Crippen LogP contribution in [0.1, 0.15) is 13.8 Å². The van der Waals surface area contributed by atoms with Gasteiger partial charge in [0.1, 0.15) is 0 Å². The summed E-state index contributed by atoms with van der Waals surface area (Å²) in [4.78, 5) is 11.2. The zero-order valence-corrected chi connectivity index (χ0v) is 8.41. The van der Waals surface area contributed by atoms with E-state index in [1.54, 1.807) is 0 Å². The van der Waals surface area contributed by atoms with Gasteiger partial charge in [0.05, 0.1) is 13.0 Å². The van der Waals surface area contributed by atoms with Gasteiger partial charge in [0.15, 0.2) is 0 Å². The predicted molar refractivity (Wildman–Crippen MR) is 52.1 cm³/mol. The number of carbonyl (C=O) groups is 1. The Balaban J connectivity index is 2.65. The molecule has 1 rings (SSSR count). The van der Waals surface area contributed by atoms with Gasteiger partial charge in [-0.3, -0.25) is 4.79 Å². The lowest BCUT2D eigenvalue weighted by Gasteiger charge is -1.94. The van der Waals surface area contributed by atoms with Crippen molar-refractivity contribution < 1.29 is 9.53 Å². The van der Waals surface area contributed by atoms with E-state index in [1.807, 2.05) is 19.9 Å². The Kier molecular flexibility index (Phi) is 2.91. The molecule has 0 saturated heterocycles. The molecule has 1 aliphatic rings. The highest BCUT2D eigenvalue weighted by atomic mass is 16.5. The van der Waals surface area contributed by atoms with Gasteiger partial charge in [-0.2, -0.15) is 0 Å². The number of carbonyl (C=O) groups excluding carboxylic acids is 1.